The smallest absolute Gasteiger partial charge is 0.475 e. The number of ether oxygens (including phenoxy) is 1. The lowest BCUT2D eigenvalue weighted by molar-refractivity contribution is -0.192. The summed E-state index contributed by atoms with van der Waals surface area (Å²) in [6.07, 6.45) is -3.55. The van der Waals surface area contributed by atoms with Crippen LogP contribution in [0.3, 0.4) is 0 Å². The Morgan fingerprint density at radius 1 is 1.41 bits per heavy atom. The quantitative estimate of drug-likeness (QED) is 0.542. The minimum Gasteiger partial charge on any atom is -0.475 e. The molecule has 1 aromatic heterocycles. The zero-order chi connectivity index (χ0) is 22.5. The zero-order valence-corrected chi connectivity index (χ0v) is 15.9. The SMILES string of the molecule is CC1(O)CN(S(=O)(=O)c2ccc(OC/C(=C/F)CN)nc2)C1.O=C(O)C(F)(F)F. The molecule has 4 N–H and O–H groups in total. The van der Waals surface area contributed by atoms with Crippen LogP contribution in [0.25, 0.3) is 0 Å². The van der Waals surface area contributed by atoms with E-state index in [-0.39, 0.29) is 42.6 Å². The van der Waals surface area contributed by atoms with Crippen molar-refractivity contribution in [2.75, 3.05) is 26.2 Å². The predicted molar refractivity (Wildman–Crippen MR) is 91.1 cm³/mol. The normalized spacial score (nSPS) is 17.0. The Labute approximate surface area is 163 Å². The first-order valence-electron chi connectivity index (χ1n) is 7.82. The number of carboxylic acids is 1. The highest BCUT2D eigenvalue weighted by Crippen LogP contribution is 2.27. The molecule has 0 aromatic carbocycles. The molecule has 1 saturated heterocycles. The van der Waals surface area contributed by atoms with Gasteiger partial charge in [-0.05, 0) is 13.0 Å². The molecule has 0 radical (unpaired) electrons. The molecule has 0 aliphatic carbocycles. The molecule has 0 atom stereocenters. The average molecular weight is 445 g/mol. The zero-order valence-electron chi connectivity index (χ0n) is 15.1. The molecule has 0 saturated carbocycles. The summed E-state index contributed by atoms with van der Waals surface area (Å²) < 4.78 is 74.9. The maximum Gasteiger partial charge on any atom is 0.490 e. The lowest BCUT2D eigenvalue weighted by Crippen LogP contribution is -2.61. The second-order valence-corrected chi connectivity index (χ2v) is 8.10. The third-order valence-electron chi connectivity index (χ3n) is 3.45. The van der Waals surface area contributed by atoms with Crippen LogP contribution in [0.2, 0.25) is 0 Å². The van der Waals surface area contributed by atoms with Crippen LogP contribution in [0.4, 0.5) is 17.6 Å². The van der Waals surface area contributed by atoms with Gasteiger partial charge in [0.05, 0.1) is 18.1 Å². The lowest BCUT2D eigenvalue weighted by atomic mass is 10.0. The van der Waals surface area contributed by atoms with Gasteiger partial charge in [0.2, 0.25) is 15.9 Å². The number of nitrogens with zero attached hydrogens (tertiary/aromatic N) is 2. The molecule has 0 spiro atoms. The fraction of sp³-hybridized carbons (Fsp3) is 0.467. The molecule has 2 rings (SSSR count). The highest BCUT2D eigenvalue weighted by Gasteiger charge is 2.44. The molecular formula is C15H19F4N3O6S. The van der Waals surface area contributed by atoms with E-state index in [1.54, 1.807) is 6.92 Å². The summed E-state index contributed by atoms with van der Waals surface area (Å²) >= 11 is 0. The number of aromatic nitrogens is 1. The number of aliphatic carboxylic acids is 1. The van der Waals surface area contributed by atoms with Gasteiger partial charge in [0.25, 0.3) is 0 Å². The molecule has 1 aromatic rings. The van der Waals surface area contributed by atoms with Crippen LogP contribution in [0, 0.1) is 0 Å². The number of aliphatic hydroxyl groups is 1. The van der Waals surface area contributed by atoms with Gasteiger partial charge in [0, 0.05) is 31.3 Å². The van der Waals surface area contributed by atoms with Crippen molar-refractivity contribution >= 4 is 16.0 Å². The molecule has 29 heavy (non-hydrogen) atoms. The largest absolute Gasteiger partial charge is 0.490 e. The van der Waals surface area contributed by atoms with Crippen molar-refractivity contribution in [3.05, 3.63) is 30.2 Å². The van der Waals surface area contributed by atoms with Gasteiger partial charge in [-0.25, -0.2) is 22.6 Å². The first-order valence-corrected chi connectivity index (χ1v) is 9.26. The number of carbonyl (C=O) groups is 1. The average Bonchev–Trinajstić information content (AvgIpc) is 2.60. The van der Waals surface area contributed by atoms with E-state index in [9.17, 15) is 31.1 Å². The Morgan fingerprint density at radius 2 is 1.97 bits per heavy atom. The number of nitrogens with two attached hydrogens (primary N) is 1. The second kappa shape index (κ2) is 9.47. The number of hydrogen-bond acceptors (Lipinski definition) is 7. The third kappa shape index (κ3) is 7.23. The van der Waals surface area contributed by atoms with Crippen LogP contribution in [-0.4, -0.2) is 71.9 Å². The fourth-order valence-corrected chi connectivity index (χ4v) is 3.56. The molecule has 1 aliphatic heterocycles. The molecule has 164 valence electrons. The van der Waals surface area contributed by atoms with Crippen molar-refractivity contribution in [1.82, 2.24) is 9.29 Å². The molecule has 14 heteroatoms. The molecule has 1 aliphatic rings. The number of halogens is 4. The number of alkyl halides is 3. The fourth-order valence-electron chi connectivity index (χ4n) is 1.94. The number of rotatable bonds is 6. The van der Waals surface area contributed by atoms with Crippen LogP contribution in [0.1, 0.15) is 6.92 Å². The van der Waals surface area contributed by atoms with Gasteiger partial charge < -0.3 is 20.7 Å². The van der Waals surface area contributed by atoms with Crippen LogP contribution < -0.4 is 10.5 Å². The molecule has 1 fully saturated rings. The molecule has 0 bridgehead atoms. The Hall–Kier alpha value is -2.29. The summed E-state index contributed by atoms with van der Waals surface area (Å²) in [7, 11) is -3.67. The molecular weight excluding hydrogens is 426 g/mol. The van der Waals surface area contributed by atoms with Crippen LogP contribution in [0.15, 0.2) is 35.1 Å². The number of sulfonamides is 1. The summed E-state index contributed by atoms with van der Waals surface area (Å²) in [4.78, 5) is 12.8. The van der Waals surface area contributed by atoms with E-state index < -0.39 is 27.8 Å². The molecule has 9 nitrogen and oxygen atoms in total. The number of β-amino-alcohol motifs (C(OH)–C–C–N with tert-alkyl or cyclic N) is 1. The minimum absolute atomic E-state index is 0.00966. The van der Waals surface area contributed by atoms with E-state index in [1.165, 1.54) is 22.6 Å². The van der Waals surface area contributed by atoms with Gasteiger partial charge in [0.15, 0.2) is 0 Å². The summed E-state index contributed by atoms with van der Waals surface area (Å²) in [6.45, 7) is 1.64. The van der Waals surface area contributed by atoms with Gasteiger partial charge in [-0.2, -0.15) is 17.5 Å². The second-order valence-electron chi connectivity index (χ2n) is 6.17. The van der Waals surface area contributed by atoms with Crippen molar-refractivity contribution in [2.24, 2.45) is 5.73 Å². The van der Waals surface area contributed by atoms with Gasteiger partial charge in [-0.3, -0.25) is 0 Å². The maximum absolute atomic E-state index is 12.3. The maximum atomic E-state index is 12.3. The van der Waals surface area contributed by atoms with E-state index in [2.05, 4.69) is 4.98 Å². The predicted octanol–water partition coefficient (Wildman–Crippen LogP) is 0.661. The third-order valence-corrected chi connectivity index (χ3v) is 5.22. The summed E-state index contributed by atoms with van der Waals surface area (Å²) in [6, 6.07) is 2.74. The van der Waals surface area contributed by atoms with Gasteiger partial charge in [0.1, 0.15) is 11.5 Å². The summed E-state index contributed by atoms with van der Waals surface area (Å²) in [5, 5.41) is 16.7. The first-order chi connectivity index (χ1) is 13.2. The van der Waals surface area contributed by atoms with Crippen LogP contribution in [0.5, 0.6) is 5.88 Å². The Kier molecular flexibility index (Phi) is 8.08. The lowest BCUT2D eigenvalue weighted by Gasteiger charge is -2.42. The Balaban J connectivity index is 0.000000516. The van der Waals surface area contributed by atoms with Crippen LogP contribution in [-0.2, 0) is 14.8 Å². The van der Waals surface area contributed by atoms with Crippen molar-refractivity contribution in [1.29, 1.82) is 0 Å². The van der Waals surface area contributed by atoms with Crippen molar-refractivity contribution < 1.29 is 45.7 Å². The molecule has 0 amide bonds. The standard InChI is InChI=1S/C13H18FN3O4S.C2HF3O2/c1-13(18)8-17(9-13)22(19,20)11-2-3-12(16-6-11)21-7-10(4-14)5-15;3-2(4,5)1(6)7/h2-4,6,18H,5,7-9,15H2,1H3;(H,6,7)/b10-4+;. The summed E-state index contributed by atoms with van der Waals surface area (Å²) in [5.41, 5.74) is 4.57. The highest BCUT2D eigenvalue weighted by atomic mass is 32.2. The first kappa shape index (κ1) is 24.7. The minimum atomic E-state index is -5.08. The number of hydrogen-bond donors (Lipinski definition) is 3. The van der Waals surface area contributed by atoms with E-state index in [0.717, 1.165) is 0 Å². The van der Waals surface area contributed by atoms with Crippen molar-refractivity contribution in [3.8, 4) is 5.88 Å². The highest BCUT2D eigenvalue weighted by molar-refractivity contribution is 7.89. The Bertz CT molecular complexity index is 833. The topological polar surface area (TPSA) is 143 Å². The van der Waals surface area contributed by atoms with Gasteiger partial charge >= 0.3 is 12.1 Å². The molecule has 2 heterocycles. The van der Waals surface area contributed by atoms with E-state index in [0.29, 0.717) is 6.33 Å². The molecule has 0 unspecified atom stereocenters. The van der Waals surface area contributed by atoms with E-state index in [4.69, 9.17) is 20.4 Å². The van der Waals surface area contributed by atoms with Crippen LogP contribution >= 0.6 is 0 Å². The number of pyridine rings is 1. The van der Waals surface area contributed by atoms with E-state index >= 15 is 0 Å². The monoisotopic (exact) mass is 445 g/mol. The van der Waals surface area contributed by atoms with Crippen molar-refractivity contribution in [2.45, 2.75) is 23.6 Å². The van der Waals surface area contributed by atoms with Gasteiger partial charge in [-0.15, -0.1) is 0 Å². The van der Waals surface area contributed by atoms with Gasteiger partial charge in [-0.1, -0.05) is 0 Å². The number of carboxylic acid groups (broad SMARTS) is 1. The Morgan fingerprint density at radius 3 is 2.31 bits per heavy atom. The van der Waals surface area contributed by atoms with E-state index in [1.807, 2.05) is 0 Å². The van der Waals surface area contributed by atoms with Crippen molar-refractivity contribution in [3.63, 3.8) is 0 Å². The summed E-state index contributed by atoms with van der Waals surface area (Å²) in [5.74, 6) is -2.59.